The van der Waals surface area contributed by atoms with Gasteiger partial charge in [-0.15, -0.1) is 0 Å². The first-order chi connectivity index (χ1) is 14.7. The summed E-state index contributed by atoms with van der Waals surface area (Å²) in [7, 11) is 0. The minimum atomic E-state index is -0.817. The highest BCUT2D eigenvalue weighted by Crippen LogP contribution is 2.25. The number of alkyl carbamates (subject to hydrolysis) is 1. The van der Waals surface area contributed by atoms with Gasteiger partial charge >= 0.3 is 12.1 Å². The zero-order valence-electron chi connectivity index (χ0n) is 20.4. The van der Waals surface area contributed by atoms with Crippen molar-refractivity contribution in [3.8, 4) is 0 Å². The maximum atomic E-state index is 13.3. The average Bonchev–Trinajstić information content (AvgIpc) is 3.32. The number of hydrazine groups is 1. The highest BCUT2D eigenvalue weighted by molar-refractivity contribution is 5.92. The van der Waals surface area contributed by atoms with Gasteiger partial charge in [0.25, 0.3) is 5.91 Å². The van der Waals surface area contributed by atoms with Gasteiger partial charge in [0.05, 0.1) is 0 Å². The second-order valence-corrected chi connectivity index (χ2v) is 10.2. The number of rotatable bonds is 5. The number of carbonyl (C=O) groups is 3. The third-order valence-corrected chi connectivity index (χ3v) is 5.16. The molecule has 0 spiro atoms. The van der Waals surface area contributed by atoms with E-state index in [1.165, 1.54) is 10.0 Å². The molecule has 10 heteroatoms. The number of carbonyl (C=O) groups excluding carboxylic acids is 3. The van der Waals surface area contributed by atoms with Crippen LogP contribution in [0.15, 0.2) is 10.6 Å². The van der Waals surface area contributed by atoms with Crippen molar-refractivity contribution in [2.24, 2.45) is 5.92 Å². The molecule has 32 heavy (non-hydrogen) atoms. The van der Waals surface area contributed by atoms with Crippen LogP contribution < -0.4 is 10.6 Å². The fourth-order valence-corrected chi connectivity index (χ4v) is 3.19. The van der Waals surface area contributed by atoms with Gasteiger partial charge in [-0.05, 0) is 33.1 Å². The van der Waals surface area contributed by atoms with Gasteiger partial charge in [-0.3, -0.25) is 10.1 Å². The Morgan fingerprint density at radius 3 is 2.31 bits per heavy atom. The van der Waals surface area contributed by atoms with Gasteiger partial charge in [0, 0.05) is 24.6 Å². The minimum Gasteiger partial charge on any atom is -0.444 e. The second kappa shape index (κ2) is 9.79. The number of anilines is 1. The highest BCUT2D eigenvalue weighted by Gasteiger charge is 2.38. The zero-order valence-corrected chi connectivity index (χ0v) is 20.4. The van der Waals surface area contributed by atoms with Crippen molar-refractivity contribution in [2.75, 3.05) is 18.4 Å². The van der Waals surface area contributed by atoms with Crippen molar-refractivity contribution < 1.29 is 23.6 Å². The molecule has 2 unspecified atom stereocenters. The summed E-state index contributed by atoms with van der Waals surface area (Å²) in [6.07, 6.45) is 0.634. The van der Waals surface area contributed by atoms with Crippen LogP contribution in [0.3, 0.4) is 0 Å². The summed E-state index contributed by atoms with van der Waals surface area (Å²) in [5.41, 5.74) is -0.932. The van der Waals surface area contributed by atoms with Gasteiger partial charge in [-0.25, -0.2) is 19.6 Å². The zero-order chi connectivity index (χ0) is 24.3. The van der Waals surface area contributed by atoms with E-state index in [2.05, 4.69) is 15.8 Å². The van der Waals surface area contributed by atoms with Crippen molar-refractivity contribution in [2.45, 2.75) is 85.3 Å². The molecule has 4 amide bonds. The van der Waals surface area contributed by atoms with Gasteiger partial charge in [-0.1, -0.05) is 46.2 Å². The molecule has 2 rings (SSSR count). The topological polar surface area (TPSA) is 117 Å². The Bertz CT molecular complexity index is 823. The molecule has 1 aromatic rings. The van der Waals surface area contributed by atoms with Gasteiger partial charge < -0.3 is 14.6 Å². The lowest BCUT2D eigenvalue weighted by atomic mass is 9.93. The van der Waals surface area contributed by atoms with Crippen molar-refractivity contribution in [3.63, 3.8) is 0 Å². The van der Waals surface area contributed by atoms with Crippen LogP contribution in [-0.2, 0) is 14.9 Å². The summed E-state index contributed by atoms with van der Waals surface area (Å²) >= 11 is 0. The summed E-state index contributed by atoms with van der Waals surface area (Å²) < 4.78 is 10.6. The van der Waals surface area contributed by atoms with Crippen molar-refractivity contribution in [1.82, 2.24) is 20.5 Å². The summed E-state index contributed by atoms with van der Waals surface area (Å²) in [6.45, 7) is 15.8. The van der Waals surface area contributed by atoms with Crippen LogP contribution >= 0.6 is 0 Å². The summed E-state index contributed by atoms with van der Waals surface area (Å²) in [5, 5.41) is 12.0. The maximum absolute atomic E-state index is 13.3. The molecule has 0 saturated carbocycles. The number of hydrogen-bond donors (Lipinski definition) is 2. The van der Waals surface area contributed by atoms with Crippen LogP contribution in [0.1, 0.15) is 74.0 Å². The maximum Gasteiger partial charge on any atom is 0.408 e. The normalized spacial score (nSPS) is 16.5. The van der Waals surface area contributed by atoms with Crippen LogP contribution in [0.2, 0.25) is 0 Å². The molecule has 1 aliphatic heterocycles. The monoisotopic (exact) mass is 451 g/mol. The molecule has 0 aromatic carbocycles. The predicted molar refractivity (Wildman–Crippen MR) is 120 cm³/mol. The Morgan fingerprint density at radius 2 is 1.78 bits per heavy atom. The number of nitrogens with zero attached hydrogens (tertiary/aromatic N) is 3. The van der Waals surface area contributed by atoms with E-state index in [0.29, 0.717) is 31.7 Å². The fraction of sp³-hybridized carbons (Fsp3) is 0.727. The Hall–Kier alpha value is -2.78. The molecule has 1 aliphatic rings. The first-order valence-corrected chi connectivity index (χ1v) is 11.1. The summed E-state index contributed by atoms with van der Waals surface area (Å²) in [4.78, 5) is 38.6. The molecular weight excluding hydrogens is 414 g/mol. The second-order valence-electron chi connectivity index (χ2n) is 10.2. The molecule has 1 aromatic heterocycles. The van der Waals surface area contributed by atoms with E-state index in [9.17, 15) is 14.4 Å². The molecule has 1 saturated heterocycles. The van der Waals surface area contributed by atoms with E-state index in [1.807, 2.05) is 34.6 Å². The molecule has 1 fully saturated rings. The molecule has 2 N–H and O–H groups in total. The molecule has 2 atom stereocenters. The number of urea groups is 1. The van der Waals surface area contributed by atoms with E-state index in [4.69, 9.17) is 9.26 Å². The number of aromatic nitrogens is 1. The van der Waals surface area contributed by atoms with Gasteiger partial charge in [0.15, 0.2) is 5.82 Å². The first kappa shape index (κ1) is 25.5. The lowest BCUT2D eigenvalue weighted by molar-refractivity contribution is -0.143. The standard InChI is InChI=1S/C22H37N5O5/c1-9-14(2)17(24-20(30)31-22(6,7)8)18(28)26-11-10-12-27(26)19(29)23-16-13-15(32-25-16)21(3,4)5/h13-14,17H,9-12H2,1-8H3,(H,24,30)(H,23,25,29). The van der Waals surface area contributed by atoms with Gasteiger partial charge in [0.1, 0.15) is 17.4 Å². The quantitative estimate of drug-likeness (QED) is 0.701. The van der Waals surface area contributed by atoms with E-state index in [-0.39, 0.29) is 23.1 Å². The Balaban J connectivity index is 2.12. The predicted octanol–water partition coefficient (Wildman–Crippen LogP) is 3.89. The van der Waals surface area contributed by atoms with Crippen molar-refractivity contribution >= 4 is 23.8 Å². The lowest BCUT2D eigenvalue weighted by Gasteiger charge is -2.33. The first-order valence-electron chi connectivity index (χ1n) is 11.1. The summed E-state index contributed by atoms with van der Waals surface area (Å²) in [5.74, 6) is 0.420. The van der Waals surface area contributed by atoms with Crippen LogP contribution in [0.5, 0.6) is 0 Å². The van der Waals surface area contributed by atoms with Crippen LogP contribution in [0.4, 0.5) is 15.4 Å². The van der Waals surface area contributed by atoms with Crippen molar-refractivity contribution in [1.29, 1.82) is 0 Å². The van der Waals surface area contributed by atoms with Gasteiger partial charge in [0.2, 0.25) is 0 Å². The Labute approximate surface area is 190 Å². The van der Waals surface area contributed by atoms with E-state index in [1.54, 1.807) is 26.8 Å². The van der Waals surface area contributed by atoms with Crippen LogP contribution in [0.25, 0.3) is 0 Å². The van der Waals surface area contributed by atoms with E-state index >= 15 is 0 Å². The third-order valence-electron chi connectivity index (χ3n) is 5.16. The molecule has 0 radical (unpaired) electrons. The SMILES string of the molecule is CCC(C)C(NC(=O)OC(C)(C)C)C(=O)N1CCCN1C(=O)Nc1cc(C(C)(C)C)on1. The highest BCUT2D eigenvalue weighted by atomic mass is 16.6. The number of nitrogens with one attached hydrogen (secondary N) is 2. The Kier molecular flexibility index (Phi) is 7.79. The Morgan fingerprint density at radius 1 is 1.16 bits per heavy atom. The summed E-state index contributed by atoms with van der Waals surface area (Å²) in [6, 6.07) is 0.374. The molecule has 0 aliphatic carbocycles. The van der Waals surface area contributed by atoms with E-state index < -0.39 is 23.8 Å². The van der Waals surface area contributed by atoms with E-state index in [0.717, 1.165) is 0 Å². The van der Waals surface area contributed by atoms with Crippen LogP contribution in [-0.4, -0.2) is 57.9 Å². The molecule has 180 valence electrons. The molecule has 2 heterocycles. The molecular formula is C22H37N5O5. The minimum absolute atomic E-state index is 0.148. The number of ether oxygens (including phenoxy) is 1. The third kappa shape index (κ3) is 6.61. The number of amides is 4. The van der Waals surface area contributed by atoms with Crippen molar-refractivity contribution in [3.05, 3.63) is 11.8 Å². The average molecular weight is 452 g/mol. The largest absolute Gasteiger partial charge is 0.444 e. The van der Waals surface area contributed by atoms with Gasteiger partial charge in [-0.2, -0.15) is 0 Å². The lowest BCUT2D eigenvalue weighted by Crippen LogP contribution is -2.56. The number of hydrogen-bond acceptors (Lipinski definition) is 6. The molecule has 0 bridgehead atoms. The smallest absolute Gasteiger partial charge is 0.408 e. The van der Waals surface area contributed by atoms with Crippen LogP contribution in [0, 0.1) is 5.92 Å². The fourth-order valence-electron chi connectivity index (χ4n) is 3.19. The molecule has 10 nitrogen and oxygen atoms in total.